The van der Waals surface area contributed by atoms with Gasteiger partial charge in [0.15, 0.2) is 0 Å². The zero-order valence-electron chi connectivity index (χ0n) is 19.1. The van der Waals surface area contributed by atoms with E-state index in [4.69, 9.17) is 14.2 Å². The molecule has 35 heavy (non-hydrogen) atoms. The molecule has 0 saturated carbocycles. The van der Waals surface area contributed by atoms with Crippen LogP contribution in [0.1, 0.15) is 34.6 Å². The highest BCUT2D eigenvalue weighted by molar-refractivity contribution is 5.82. The summed E-state index contributed by atoms with van der Waals surface area (Å²) in [5.41, 5.74) is 4.03. The van der Waals surface area contributed by atoms with Crippen molar-refractivity contribution in [3.8, 4) is 29.0 Å². The molecule has 0 radical (unpaired) electrons. The maximum atomic E-state index is 15.2. The van der Waals surface area contributed by atoms with Gasteiger partial charge in [-0.1, -0.05) is 0 Å². The Kier molecular flexibility index (Phi) is 6.65. The van der Waals surface area contributed by atoms with Crippen molar-refractivity contribution in [1.29, 1.82) is 10.5 Å². The summed E-state index contributed by atoms with van der Waals surface area (Å²) < 4.78 is 31.9. The summed E-state index contributed by atoms with van der Waals surface area (Å²) in [5, 5.41) is 25.0. The summed E-state index contributed by atoms with van der Waals surface area (Å²) >= 11 is 0. The summed E-state index contributed by atoms with van der Waals surface area (Å²) in [6.45, 7) is 2.98. The van der Waals surface area contributed by atoms with Crippen molar-refractivity contribution in [1.82, 2.24) is 10.6 Å². The summed E-state index contributed by atoms with van der Waals surface area (Å²) in [4.78, 5) is 12.6. The van der Waals surface area contributed by atoms with Crippen LogP contribution in [-0.2, 0) is 27.3 Å². The molecule has 0 bridgehead atoms. The predicted molar refractivity (Wildman–Crippen MR) is 123 cm³/mol. The zero-order chi connectivity index (χ0) is 24.4. The lowest BCUT2D eigenvalue weighted by atomic mass is 9.86. The van der Waals surface area contributed by atoms with Crippen LogP contribution in [0.4, 0.5) is 4.39 Å². The molecule has 5 rings (SSSR count). The van der Waals surface area contributed by atoms with Gasteiger partial charge in [-0.25, -0.2) is 4.39 Å². The van der Waals surface area contributed by atoms with E-state index in [9.17, 15) is 15.3 Å². The second-order valence-corrected chi connectivity index (χ2v) is 8.98. The fourth-order valence-corrected chi connectivity index (χ4v) is 4.62. The summed E-state index contributed by atoms with van der Waals surface area (Å²) in [6, 6.07) is 10.1. The molecule has 2 atom stereocenters. The number of benzene rings is 2. The monoisotopic (exact) mass is 476 g/mol. The Balaban J connectivity index is 1.38. The van der Waals surface area contributed by atoms with Crippen LogP contribution in [0.25, 0.3) is 11.1 Å². The fourth-order valence-electron chi connectivity index (χ4n) is 4.62. The number of nitrogens with zero attached hydrogens (tertiary/aromatic N) is 2. The molecule has 0 spiro atoms. The summed E-state index contributed by atoms with van der Waals surface area (Å²) in [5.74, 6) is -0.220. The van der Waals surface area contributed by atoms with Crippen molar-refractivity contribution in [2.45, 2.75) is 37.5 Å². The van der Waals surface area contributed by atoms with Gasteiger partial charge in [-0.05, 0) is 59.5 Å². The van der Waals surface area contributed by atoms with Crippen LogP contribution in [0.3, 0.4) is 0 Å². The van der Waals surface area contributed by atoms with E-state index in [1.807, 2.05) is 18.2 Å². The predicted octanol–water partition coefficient (Wildman–Crippen LogP) is 2.30. The Hall–Kier alpha value is -3.50. The Bertz CT molecular complexity index is 1220. The molecule has 1 amide bonds. The van der Waals surface area contributed by atoms with Crippen LogP contribution in [0.15, 0.2) is 24.3 Å². The fraction of sp³-hybridized carbons (Fsp3) is 0.423. The number of hydrogen-bond donors (Lipinski definition) is 2. The molecule has 2 fully saturated rings. The molecular weight excluding hydrogens is 451 g/mol. The van der Waals surface area contributed by atoms with Gasteiger partial charge in [0.1, 0.15) is 30.3 Å². The van der Waals surface area contributed by atoms with Gasteiger partial charge in [0.25, 0.3) is 5.91 Å². The molecule has 3 aliphatic heterocycles. The Morgan fingerprint density at radius 3 is 2.83 bits per heavy atom. The van der Waals surface area contributed by atoms with Gasteiger partial charge in [-0.15, -0.1) is 0 Å². The van der Waals surface area contributed by atoms with E-state index >= 15 is 4.39 Å². The smallest absolute Gasteiger partial charge is 0.251 e. The molecule has 180 valence electrons. The molecule has 0 unspecified atom stereocenters. The van der Waals surface area contributed by atoms with E-state index in [-0.39, 0.29) is 24.5 Å². The first-order valence-electron chi connectivity index (χ1n) is 11.7. The Labute approximate surface area is 202 Å². The maximum Gasteiger partial charge on any atom is 0.251 e. The highest BCUT2D eigenvalue weighted by Gasteiger charge is 2.29. The van der Waals surface area contributed by atoms with Crippen LogP contribution >= 0.6 is 0 Å². The minimum absolute atomic E-state index is 0.00421. The minimum Gasteiger partial charge on any atom is -0.488 e. The molecular formula is C26H25FN4O4. The SMILES string of the molecule is N#Cc1cc2c(cc1C1COC1)-c1cc(F)c(C[C@H](C#N)NC(=O)[C@@H]3CNCCCO3)cc1OC2. The lowest BCUT2D eigenvalue weighted by Gasteiger charge is -2.29. The van der Waals surface area contributed by atoms with Gasteiger partial charge in [0.05, 0.1) is 30.9 Å². The van der Waals surface area contributed by atoms with Gasteiger partial charge >= 0.3 is 0 Å². The second kappa shape index (κ2) is 10.0. The summed E-state index contributed by atoms with van der Waals surface area (Å²) in [7, 11) is 0. The molecule has 3 heterocycles. The van der Waals surface area contributed by atoms with Crippen molar-refractivity contribution in [3.05, 3.63) is 52.3 Å². The first-order chi connectivity index (χ1) is 17.1. The van der Waals surface area contributed by atoms with E-state index in [1.165, 1.54) is 6.07 Å². The number of nitrogens with one attached hydrogen (secondary N) is 2. The third-order valence-electron chi connectivity index (χ3n) is 6.63. The molecule has 0 aromatic heterocycles. The normalized spacial score (nSPS) is 20.0. The lowest BCUT2D eigenvalue weighted by Crippen LogP contribution is -2.46. The van der Waals surface area contributed by atoms with Gasteiger partial charge in [-0.3, -0.25) is 4.79 Å². The molecule has 8 nitrogen and oxygen atoms in total. The topological polar surface area (TPSA) is 116 Å². The lowest BCUT2D eigenvalue weighted by molar-refractivity contribution is -0.132. The number of nitriles is 2. The third-order valence-corrected chi connectivity index (χ3v) is 6.63. The molecule has 2 aromatic rings. The van der Waals surface area contributed by atoms with E-state index in [2.05, 4.69) is 16.7 Å². The van der Waals surface area contributed by atoms with Crippen LogP contribution in [0, 0.1) is 28.5 Å². The number of amides is 1. The van der Waals surface area contributed by atoms with Crippen LogP contribution in [-0.4, -0.2) is 51.0 Å². The van der Waals surface area contributed by atoms with Crippen molar-refractivity contribution < 1.29 is 23.4 Å². The molecule has 2 aromatic carbocycles. The number of hydrogen-bond acceptors (Lipinski definition) is 7. The number of rotatable bonds is 5. The van der Waals surface area contributed by atoms with Crippen molar-refractivity contribution in [3.63, 3.8) is 0 Å². The zero-order valence-corrected chi connectivity index (χ0v) is 19.1. The molecule has 2 saturated heterocycles. The number of carbonyl (C=O) groups is 1. The molecule has 9 heteroatoms. The van der Waals surface area contributed by atoms with Gasteiger partial charge in [0, 0.05) is 31.1 Å². The number of ether oxygens (including phenoxy) is 3. The molecule has 3 aliphatic rings. The third kappa shape index (κ3) is 4.71. The average Bonchev–Trinajstić information content (AvgIpc) is 3.12. The van der Waals surface area contributed by atoms with Crippen molar-refractivity contribution >= 4 is 5.91 Å². The molecule has 0 aliphatic carbocycles. The first-order valence-corrected chi connectivity index (χ1v) is 11.7. The Morgan fingerprint density at radius 2 is 2.09 bits per heavy atom. The molecule has 2 N–H and O–H groups in total. The average molecular weight is 477 g/mol. The van der Waals surface area contributed by atoms with E-state index in [0.717, 1.165) is 29.7 Å². The van der Waals surface area contributed by atoms with E-state index in [0.29, 0.717) is 43.2 Å². The van der Waals surface area contributed by atoms with Crippen molar-refractivity contribution in [2.24, 2.45) is 0 Å². The number of carbonyl (C=O) groups excluding carboxylic acids is 1. The Morgan fingerprint density at radius 1 is 1.23 bits per heavy atom. The second-order valence-electron chi connectivity index (χ2n) is 8.98. The number of halogens is 1. The largest absolute Gasteiger partial charge is 0.488 e. The van der Waals surface area contributed by atoms with Crippen LogP contribution in [0.5, 0.6) is 5.75 Å². The maximum absolute atomic E-state index is 15.2. The highest BCUT2D eigenvalue weighted by atomic mass is 19.1. The quantitative estimate of drug-likeness (QED) is 0.680. The van der Waals surface area contributed by atoms with E-state index in [1.54, 1.807) is 6.07 Å². The highest BCUT2D eigenvalue weighted by Crippen LogP contribution is 2.42. The minimum atomic E-state index is -0.916. The van der Waals surface area contributed by atoms with Gasteiger partial charge < -0.3 is 24.8 Å². The first kappa shape index (κ1) is 23.3. The van der Waals surface area contributed by atoms with E-state index < -0.39 is 23.9 Å². The summed E-state index contributed by atoms with van der Waals surface area (Å²) in [6.07, 6.45) is 0.119. The van der Waals surface area contributed by atoms with Gasteiger partial charge in [-0.2, -0.15) is 10.5 Å². The van der Waals surface area contributed by atoms with Crippen molar-refractivity contribution in [2.75, 3.05) is 32.9 Å². The van der Waals surface area contributed by atoms with Gasteiger partial charge in [0.2, 0.25) is 0 Å². The number of fused-ring (bicyclic) bond motifs is 3. The standard InChI is InChI=1S/C26H25FN4O4/c27-23-8-22-21-7-20(18-12-33-13-18)16(9-28)4-17(21)14-35-24(22)6-15(23)5-19(10-29)31-26(32)25-11-30-2-1-3-34-25/h4,6-8,18-19,25,30H,1-3,5,11-14H2,(H,31,32)/t19-,25+/m1/s1. The van der Waals surface area contributed by atoms with Crippen LogP contribution < -0.4 is 15.4 Å². The van der Waals surface area contributed by atoms with Crippen LogP contribution in [0.2, 0.25) is 0 Å².